The summed E-state index contributed by atoms with van der Waals surface area (Å²) in [4.78, 5) is 18.2. The molecule has 0 aromatic carbocycles. The summed E-state index contributed by atoms with van der Waals surface area (Å²) in [5, 5.41) is 58.4. The number of esters is 1. The molecular formula is C39H74N2O12. The Morgan fingerprint density at radius 2 is 1.57 bits per heavy atom. The van der Waals surface area contributed by atoms with Crippen LogP contribution in [0.15, 0.2) is 0 Å². The number of cyclic esters (lactones) is 1. The number of nitrogens with zero attached hydrogens (tertiary/aromatic N) is 2. The van der Waals surface area contributed by atoms with Gasteiger partial charge in [0.05, 0.1) is 41.5 Å². The fourth-order valence-electron chi connectivity index (χ4n) is 8.85. The van der Waals surface area contributed by atoms with Crippen molar-refractivity contribution in [2.45, 2.75) is 192 Å². The van der Waals surface area contributed by atoms with Gasteiger partial charge >= 0.3 is 5.97 Å². The summed E-state index contributed by atoms with van der Waals surface area (Å²) in [6.45, 7) is 18.2. The molecule has 0 unspecified atom stereocenters. The zero-order chi connectivity index (χ0) is 40.4. The number of ether oxygens (including phenoxy) is 6. The second kappa shape index (κ2) is 18.5. The first-order valence-corrected chi connectivity index (χ1v) is 19.6. The van der Waals surface area contributed by atoms with Gasteiger partial charge in [0.2, 0.25) is 0 Å². The standard InChI is InChI=1S/C39H74N2O12/c1-15-16-28-39(10,47)32(43)25(6)41(13)20-21(2)18-37(8,46)34(53-36-30(42)27(40(11)12)17-22(3)49-36)23(4)31(24(5)35(45)51-28)52-29-19-38(9,48-14)33(44)26(7)50-29/h21-34,36,42-44,46-47H,15-20H2,1-14H3/t21-,22-,23+,24-,25-,26+,27+,28-,29+,30-,31+,32-,33+,34-,36+,37-,38-,39-/m1/s1. The van der Waals surface area contributed by atoms with Gasteiger partial charge in [0, 0.05) is 38.1 Å². The smallest absolute Gasteiger partial charge is 0.311 e. The molecular weight excluding hydrogens is 688 g/mol. The first-order valence-electron chi connectivity index (χ1n) is 19.6. The van der Waals surface area contributed by atoms with E-state index in [-0.39, 0.29) is 30.9 Å². The van der Waals surface area contributed by atoms with Crippen molar-refractivity contribution in [3.05, 3.63) is 0 Å². The maximum atomic E-state index is 14.3. The SMILES string of the molecule is CCC[C@H]1OC(=O)[C@H](C)[C@@H](O[C@H]2C[C@@](C)(OC)[C@@H](O)[C@H](C)O2)[C@H](C)[C@@H](O[C@@H]2O[C@H](C)C[C@H](N(C)C)[C@H]2O)[C@](C)(O)C[C@@H](C)CN(C)[C@H](C)[C@@H](O)[C@]1(C)O. The molecule has 3 rings (SSSR count). The molecule has 0 radical (unpaired) electrons. The molecule has 0 amide bonds. The second-order valence-corrected chi connectivity index (χ2v) is 17.5. The van der Waals surface area contributed by atoms with E-state index in [0.29, 0.717) is 25.8 Å². The molecule has 0 spiro atoms. The minimum absolute atomic E-state index is 0.134. The van der Waals surface area contributed by atoms with E-state index in [1.165, 1.54) is 14.0 Å². The third-order valence-electron chi connectivity index (χ3n) is 12.4. The molecule has 18 atom stereocenters. The summed E-state index contributed by atoms with van der Waals surface area (Å²) < 4.78 is 37.7. The van der Waals surface area contributed by atoms with E-state index < -0.39 is 96.0 Å². The number of rotatable bonds is 8. The van der Waals surface area contributed by atoms with Crippen LogP contribution in [-0.2, 0) is 33.2 Å². The average molecular weight is 763 g/mol. The van der Waals surface area contributed by atoms with Crippen LogP contribution in [0, 0.1) is 17.8 Å². The largest absolute Gasteiger partial charge is 0.459 e. The zero-order valence-corrected chi connectivity index (χ0v) is 34.9. The molecule has 53 heavy (non-hydrogen) atoms. The first-order chi connectivity index (χ1) is 24.4. The molecule has 0 aromatic rings. The number of likely N-dealkylation sites (N-methyl/N-ethyl adjacent to an activating group) is 2. The van der Waals surface area contributed by atoms with Crippen molar-refractivity contribution < 1.29 is 58.7 Å². The van der Waals surface area contributed by atoms with E-state index in [1.807, 2.05) is 65.6 Å². The normalized spacial score (nSPS) is 48.9. The summed E-state index contributed by atoms with van der Waals surface area (Å²) >= 11 is 0. The highest BCUT2D eigenvalue weighted by Gasteiger charge is 2.52. The van der Waals surface area contributed by atoms with Crippen LogP contribution in [0.5, 0.6) is 0 Å². The Morgan fingerprint density at radius 3 is 2.13 bits per heavy atom. The van der Waals surface area contributed by atoms with Crippen molar-refractivity contribution in [3.63, 3.8) is 0 Å². The van der Waals surface area contributed by atoms with Crippen LogP contribution in [0.1, 0.15) is 101 Å². The van der Waals surface area contributed by atoms with Crippen molar-refractivity contribution in [2.24, 2.45) is 17.8 Å². The molecule has 3 aliphatic rings. The number of aliphatic hydroxyl groups is 5. The van der Waals surface area contributed by atoms with E-state index in [2.05, 4.69) is 0 Å². The molecule has 14 heteroatoms. The maximum Gasteiger partial charge on any atom is 0.311 e. The van der Waals surface area contributed by atoms with E-state index in [0.717, 1.165) is 0 Å². The highest BCUT2D eigenvalue weighted by molar-refractivity contribution is 5.73. The number of methoxy groups -OCH3 is 1. The Bertz CT molecular complexity index is 1160. The van der Waals surface area contributed by atoms with Gasteiger partial charge < -0.3 is 63.8 Å². The van der Waals surface area contributed by atoms with E-state index in [4.69, 9.17) is 28.4 Å². The van der Waals surface area contributed by atoms with E-state index in [9.17, 15) is 30.3 Å². The van der Waals surface area contributed by atoms with E-state index >= 15 is 0 Å². The number of hydrogen-bond acceptors (Lipinski definition) is 14. The fraction of sp³-hybridized carbons (Fsp3) is 0.974. The van der Waals surface area contributed by atoms with Crippen LogP contribution in [0.25, 0.3) is 0 Å². The molecule has 3 heterocycles. The van der Waals surface area contributed by atoms with Gasteiger partial charge in [-0.3, -0.25) is 4.79 Å². The first kappa shape index (κ1) is 46.4. The molecule has 0 saturated carbocycles. The summed E-state index contributed by atoms with van der Waals surface area (Å²) in [6, 6.07) is -0.808. The van der Waals surface area contributed by atoms with Gasteiger partial charge in [-0.25, -0.2) is 0 Å². The Hall–Kier alpha value is -1.01. The quantitative estimate of drug-likeness (QED) is 0.228. The number of hydrogen-bond donors (Lipinski definition) is 5. The predicted octanol–water partition coefficient (Wildman–Crippen LogP) is 2.29. The van der Waals surface area contributed by atoms with Crippen LogP contribution in [0.2, 0.25) is 0 Å². The van der Waals surface area contributed by atoms with Crippen molar-refractivity contribution in [1.29, 1.82) is 0 Å². The topological polar surface area (TPSA) is 180 Å². The Morgan fingerprint density at radius 1 is 0.943 bits per heavy atom. The number of carbonyl (C=O) groups excluding carboxylic acids is 1. The van der Waals surface area contributed by atoms with Crippen molar-refractivity contribution >= 4 is 5.97 Å². The average Bonchev–Trinajstić information content (AvgIpc) is 3.07. The summed E-state index contributed by atoms with van der Waals surface area (Å²) in [5.41, 5.74) is -4.38. The van der Waals surface area contributed by atoms with Gasteiger partial charge in [-0.05, 0) is 94.8 Å². The molecule has 3 aliphatic heterocycles. The lowest BCUT2D eigenvalue weighted by Crippen LogP contribution is -2.60. The van der Waals surface area contributed by atoms with Crippen LogP contribution >= 0.6 is 0 Å². The molecule has 3 fully saturated rings. The van der Waals surface area contributed by atoms with Gasteiger partial charge in [-0.15, -0.1) is 0 Å². The van der Waals surface area contributed by atoms with Gasteiger partial charge in [0.25, 0.3) is 0 Å². The Balaban J connectivity index is 2.19. The van der Waals surface area contributed by atoms with Gasteiger partial charge in [0.1, 0.15) is 30.0 Å². The van der Waals surface area contributed by atoms with Crippen molar-refractivity contribution in [2.75, 3.05) is 34.8 Å². The molecule has 0 bridgehead atoms. The Kier molecular flexibility index (Phi) is 16.2. The maximum absolute atomic E-state index is 14.3. The van der Waals surface area contributed by atoms with Gasteiger partial charge in [-0.2, -0.15) is 0 Å². The lowest BCUT2D eigenvalue weighted by atomic mass is 9.77. The second-order valence-electron chi connectivity index (χ2n) is 17.5. The summed E-state index contributed by atoms with van der Waals surface area (Å²) in [6.07, 6.45) is -7.53. The zero-order valence-electron chi connectivity index (χ0n) is 34.9. The monoisotopic (exact) mass is 763 g/mol. The fourth-order valence-corrected chi connectivity index (χ4v) is 8.85. The van der Waals surface area contributed by atoms with E-state index in [1.54, 1.807) is 27.7 Å². The lowest BCUT2D eigenvalue weighted by Gasteiger charge is -2.48. The highest BCUT2D eigenvalue weighted by Crippen LogP contribution is 2.40. The predicted molar refractivity (Wildman–Crippen MR) is 199 cm³/mol. The number of aliphatic hydroxyl groups excluding tert-OH is 3. The Labute approximate surface area is 318 Å². The van der Waals surface area contributed by atoms with Crippen molar-refractivity contribution in [1.82, 2.24) is 9.80 Å². The highest BCUT2D eigenvalue weighted by atomic mass is 16.7. The molecule has 5 N–H and O–H groups in total. The number of carbonyl (C=O) groups is 1. The molecule has 312 valence electrons. The van der Waals surface area contributed by atoms with Crippen LogP contribution in [-0.4, -0.2) is 166 Å². The van der Waals surface area contributed by atoms with Gasteiger partial charge in [-0.1, -0.05) is 27.2 Å². The summed E-state index contributed by atoms with van der Waals surface area (Å²) in [5.74, 6) is -2.57. The minimum atomic E-state index is -1.80. The van der Waals surface area contributed by atoms with Gasteiger partial charge in [0.15, 0.2) is 12.6 Å². The van der Waals surface area contributed by atoms with Crippen molar-refractivity contribution in [3.8, 4) is 0 Å². The van der Waals surface area contributed by atoms with Crippen LogP contribution in [0.3, 0.4) is 0 Å². The third-order valence-corrected chi connectivity index (χ3v) is 12.4. The molecule has 3 saturated heterocycles. The van der Waals surface area contributed by atoms with Crippen LogP contribution < -0.4 is 0 Å². The molecule has 0 aromatic heterocycles. The lowest BCUT2D eigenvalue weighted by molar-refractivity contribution is -0.318. The minimum Gasteiger partial charge on any atom is -0.459 e. The summed E-state index contributed by atoms with van der Waals surface area (Å²) in [7, 11) is 7.13. The third kappa shape index (κ3) is 10.7. The molecule has 14 nitrogen and oxygen atoms in total. The molecule has 0 aliphatic carbocycles. The van der Waals surface area contributed by atoms with Crippen LogP contribution in [0.4, 0.5) is 0 Å².